The molecule has 0 amide bonds. The third kappa shape index (κ3) is 4.07. The van der Waals surface area contributed by atoms with E-state index in [0.29, 0.717) is 6.42 Å². The van der Waals surface area contributed by atoms with Gasteiger partial charge in [0.1, 0.15) is 11.4 Å². The van der Waals surface area contributed by atoms with E-state index in [1.54, 1.807) is 0 Å². The molecule has 0 fully saturated rings. The SMILES string of the molecule is CCCC1(CCC)CCc2cc(-c3ccc(CCO)c(Cl)c3)ccc2O1. The predicted molar refractivity (Wildman–Crippen MR) is 109 cm³/mol. The summed E-state index contributed by atoms with van der Waals surface area (Å²) in [6.45, 7) is 4.60. The minimum atomic E-state index is 0.0211. The van der Waals surface area contributed by atoms with E-state index in [0.717, 1.165) is 60.4 Å². The first-order valence-electron chi connectivity index (χ1n) is 9.82. The van der Waals surface area contributed by atoms with Gasteiger partial charge in [-0.15, -0.1) is 0 Å². The van der Waals surface area contributed by atoms with Crippen LogP contribution in [0.25, 0.3) is 11.1 Å². The van der Waals surface area contributed by atoms with Crippen LogP contribution >= 0.6 is 11.6 Å². The maximum absolute atomic E-state index is 9.11. The van der Waals surface area contributed by atoms with Crippen molar-refractivity contribution in [3.8, 4) is 16.9 Å². The Labute approximate surface area is 162 Å². The topological polar surface area (TPSA) is 29.5 Å². The van der Waals surface area contributed by atoms with Crippen molar-refractivity contribution in [3.63, 3.8) is 0 Å². The number of halogens is 1. The average Bonchev–Trinajstić information content (AvgIpc) is 2.63. The molecule has 1 aliphatic heterocycles. The Hall–Kier alpha value is -1.51. The van der Waals surface area contributed by atoms with Crippen LogP contribution in [-0.4, -0.2) is 17.3 Å². The first-order valence-corrected chi connectivity index (χ1v) is 10.2. The summed E-state index contributed by atoms with van der Waals surface area (Å²) in [5, 5.41) is 9.83. The molecule has 0 aromatic heterocycles. The summed E-state index contributed by atoms with van der Waals surface area (Å²) in [6, 6.07) is 12.6. The molecule has 1 N–H and O–H groups in total. The zero-order chi connectivity index (χ0) is 18.6. The summed E-state index contributed by atoms with van der Waals surface area (Å²) in [7, 11) is 0. The van der Waals surface area contributed by atoms with Crippen molar-refractivity contribution in [2.24, 2.45) is 0 Å². The molecule has 0 bridgehead atoms. The standard InChI is InChI=1S/C23H29ClO2/c1-3-11-23(12-4-2)13-9-20-15-18(7-8-22(20)26-23)19-6-5-17(10-14-25)21(24)16-19/h5-8,15-16,25H,3-4,9-14H2,1-2H3. The second kappa shape index (κ2) is 8.45. The number of fused-ring (bicyclic) bond motifs is 1. The lowest BCUT2D eigenvalue weighted by molar-refractivity contribution is 0.0276. The van der Waals surface area contributed by atoms with E-state index in [1.165, 1.54) is 11.1 Å². The monoisotopic (exact) mass is 372 g/mol. The zero-order valence-electron chi connectivity index (χ0n) is 15.9. The van der Waals surface area contributed by atoms with Gasteiger partial charge in [0, 0.05) is 11.6 Å². The van der Waals surface area contributed by atoms with E-state index in [1.807, 2.05) is 12.1 Å². The molecule has 0 aliphatic carbocycles. The van der Waals surface area contributed by atoms with Crippen LogP contribution in [0.1, 0.15) is 57.1 Å². The third-order valence-corrected chi connectivity index (χ3v) is 5.77. The second-order valence-corrected chi connectivity index (χ2v) is 7.79. The number of hydrogen-bond acceptors (Lipinski definition) is 2. The maximum atomic E-state index is 9.11. The zero-order valence-corrected chi connectivity index (χ0v) is 16.6. The Morgan fingerprint density at radius 1 is 1.04 bits per heavy atom. The summed E-state index contributed by atoms with van der Waals surface area (Å²) < 4.78 is 6.51. The predicted octanol–water partition coefficient (Wildman–Crippen LogP) is 6.21. The Bertz CT molecular complexity index is 748. The molecule has 0 radical (unpaired) electrons. The molecule has 140 valence electrons. The Kier molecular flexibility index (Phi) is 6.26. The van der Waals surface area contributed by atoms with Gasteiger partial charge in [-0.25, -0.2) is 0 Å². The van der Waals surface area contributed by atoms with Gasteiger partial charge in [0.2, 0.25) is 0 Å². The Balaban J connectivity index is 1.85. The van der Waals surface area contributed by atoms with Crippen molar-refractivity contribution in [1.82, 2.24) is 0 Å². The van der Waals surface area contributed by atoms with E-state index in [-0.39, 0.29) is 12.2 Å². The first kappa shape index (κ1) is 19.3. The van der Waals surface area contributed by atoms with Crippen LogP contribution in [-0.2, 0) is 12.8 Å². The smallest absolute Gasteiger partial charge is 0.123 e. The highest BCUT2D eigenvalue weighted by molar-refractivity contribution is 6.31. The molecule has 3 heteroatoms. The van der Waals surface area contributed by atoms with Gasteiger partial charge in [0.25, 0.3) is 0 Å². The van der Waals surface area contributed by atoms with Gasteiger partial charge >= 0.3 is 0 Å². The molecule has 2 aromatic carbocycles. The van der Waals surface area contributed by atoms with E-state index in [4.69, 9.17) is 21.4 Å². The number of ether oxygens (including phenoxy) is 1. The number of benzene rings is 2. The van der Waals surface area contributed by atoms with Gasteiger partial charge < -0.3 is 9.84 Å². The number of aryl methyl sites for hydroxylation is 1. The van der Waals surface area contributed by atoms with Crippen molar-refractivity contribution in [2.45, 2.75) is 64.4 Å². The summed E-state index contributed by atoms with van der Waals surface area (Å²) >= 11 is 6.37. The van der Waals surface area contributed by atoms with Gasteiger partial charge in [-0.1, -0.05) is 56.5 Å². The highest BCUT2D eigenvalue weighted by Gasteiger charge is 2.34. The quantitative estimate of drug-likeness (QED) is 0.626. The number of hydrogen-bond donors (Lipinski definition) is 1. The average molecular weight is 373 g/mol. The van der Waals surface area contributed by atoms with Gasteiger partial charge in [0.15, 0.2) is 0 Å². The molecule has 0 saturated carbocycles. The minimum Gasteiger partial charge on any atom is -0.487 e. The van der Waals surface area contributed by atoms with Gasteiger partial charge in [0.05, 0.1) is 0 Å². The third-order valence-electron chi connectivity index (χ3n) is 5.42. The first-order chi connectivity index (χ1) is 12.6. The molecule has 1 heterocycles. The lowest BCUT2D eigenvalue weighted by atomic mass is 9.83. The molecular formula is C23H29ClO2. The van der Waals surface area contributed by atoms with Crippen LogP contribution in [0.15, 0.2) is 36.4 Å². The van der Waals surface area contributed by atoms with Crippen molar-refractivity contribution in [3.05, 3.63) is 52.5 Å². The molecular weight excluding hydrogens is 344 g/mol. The largest absolute Gasteiger partial charge is 0.487 e. The van der Waals surface area contributed by atoms with Crippen LogP contribution < -0.4 is 4.74 Å². The molecule has 0 saturated heterocycles. The van der Waals surface area contributed by atoms with Crippen molar-refractivity contribution in [2.75, 3.05) is 6.61 Å². The van der Waals surface area contributed by atoms with Crippen molar-refractivity contribution in [1.29, 1.82) is 0 Å². The molecule has 0 spiro atoms. The lowest BCUT2D eigenvalue weighted by Gasteiger charge is -2.39. The highest BCUT2D eigenvalue weighted by Crippen LogP contribution is 2.40. The highest BCUT2D eigenvalue weighted by atomic mass is 35.5. The number of aliphatic hydroxyl groups is 1. The maximum Gasteiger partial charge on any atom is 0.123 e. The van der Waals surface area contributed by atoms with Crippen LogP contribution in [0, 0.1) is 0 Å². The van der Waals surface area contributed by atoms with E-state index < -0.39 is 0 Å². The summed E-state index contributed by atoms with van der Waals surface area (Å²) in [5.74, 6) is 1.05. The number of aliphatic hydroxyl groups excluding tert-OH is 1. The van der Waals surface area contributed by atoms with Crippen LogP contribution in [0.4, 0.5) is 0 Å². The molecule has 26 heavy (non-hydrogen) atoms. The van der Waals surface area contributed by atoms with Crippen molar-refractivity contribution >= 4 is 11.6 Å². The Morgan fingerprint density at radius 3 is 2.38 bits per heavy atom. The lowest BCUT2D eigenvalue weighted by Crippen LogP contribution is -2.39. The molecule has 1 aliphatic rings. The fourth-order valence-corrected chi connectivity index (χ4v) is 4.41. The van der Waals surface area contributed by atoms with Gasteiger partial charge in [-0.2, -0.15) is 0 Å². The van der Waals surface area contributed by atoms with E-state index in [9.17, 15) is 0 Å². The van der Waals surface area contributed by atoms with Crippen LogP contribution in [0.3, 0.4) is 0 Å². The van der Waals surface area contributed by atoms with Gasteiger partial charge in [-0.05, 0) is 72.6 Å². The van der Waals surface area contributed by atoms with Crippen LogP contribution in [0.5, 0.6) is 5.75 Å². The molecule has 0 unspecified atom stereocenters. The second-order valence-electron chi connectivity index (χ2n) is 7.39. The minimum absolute atomic E-state index is 0.0211. The fraction of sp³-hybridized carbons (Fsp3) is 0.478. The Morgan fingerprint density at radius 2 is 1.73 bits per heavy atom. The van der Waals surface area contributed by atoms with E-state index in [2.05, 4.69) is 38.1 Å². The molecule has 2 aromatic rings. The fourth-order valence-electron chi connectivity index (χ4n) is 4.14. The summed E-state index contributed by atoms with van der Waals surface area (Å²) in [6.07, 6.45) is 7.33. The normalized spacial score (nSPS) is 15.4. The number of rotatable bonds is 7. The molecule has 2 nitrogen and oxygen atoms in total. The summed E-state index contributed by atoms with van der Waals surface area (Å²) in [5.41, 5.74) is 4.58. The van der Waals surface area contributed by atoms with Crippen LogP contribution in [0.2, 0.25) is 5.02 Å². The van der Waals surface area contributed by atoms with E-state index >= 15 is 0 Å². The summed E-state index contributed by atoms with van der Waals surface area (Å²) in [4.78, 5) is 0. The molecule has 0 atom stereocenters. The van der Waals surface area contributed by atoms with Gasteiger partial charge in [-0.3, -0.25) is 0 Å². The van der Waals surface area contributed by atoms with Crippen molar-refractivity contribution < 1.29 is 9.84 Å². The molecule has 3 rings (SSSR count).